The number of amides is 1. The molecule has 3 aliphatic carbocycles. The number of carbonyl (C=O) groups is 5. The molecule has 32 heavy (non-hydrogen) atoms. The number of nitrogens with two attached hydrogens (primary N) is 1. The lowest BCUT2D eigenvalue weighted by Gasteiger charge is -2.55. The number of ketones is 4. The fourth-order valence-electron chi connectivity index (χ4n) is 5.95. The van der Waals surface area contributed by atoms with E-state index in [0.29, 0.717) is 5.56 Å². The smallest absolute Gasteiger partial charge is 0.235 e. The summed E-state index contributed by atoms with van der Waals surface area (Å²) in [5, 5.41) is 33.1. The summed E-state index contributed by atoms with van der Waals surface area (Å²) in [4.78, 5) is 66.3. The Labute approximate surface area is 183 Å². The van der Waals surface area contributed by atoms with Crippen LogP contribution in [-0.4, -0.2) is 81.1 Å². The van der Waals surface area contributed by atoms with E-state index >= 15 is 0 Å². The van der Waals surface area contributed by atoms with Crippen molar-refractivity contribution in [2.45, 2.75) is 30.6 Å². The number of carbonyl (C=O) groups excluding carboxylic acids is 5. The Morgan fingerprint density at radius 1 is 1.12 bits per heavy atom. The van der Waals surface area contributed by atoms with Gasteiger partial charge in [-0.05, 0) is 31.6 Å². The van der Waals surface area contributed by atoms with E-state index in [1.54, 1.807) is 13.0 Å². The Morgan fingerprint density at radius 3 is 2.31 bits per heavy atom. The Balaban J connectivity index is 1.96. The standard InChI is InChI=1S/C22H24N2O8/c1-7-8-5-4-6-9(25)11(8)16(26)12-10(7)17(27)14-15(24(2)3)18(28)13(21(23)31)20(30)22(14,32)19(12)29/h4-7,10,12-15,17,25,27,32H,1-3H3,(H2,23,31)/t7-,10?,12?,13?,14?,15-,17?,22-/m0/s1. The summed E-state index contributed by atoms with van der Waals surface area (Å²) in [7, 11) is 2.89. The Hall–Kier alpha value is -2.95. The van der Waals surface area contributed by atoms with E-state index in [0.717, 1.165) is 0 Å². The number of nitrogens with zero attached hydrogens (tertiary/aromatic N) is 1. The average Bonchev–Trinajstić information content (AvgIpc) is 2.70. The van der Waals surface area contributed by atoms with Crippen molar-refractivity contribution in [2.75, 3.05) is 14.1 Å². The fraction of sp³-hybridized carbons (Fsp3) is 0.500. The van der Waals surface area contributed by atoms with Crippen LogP contribution in [0, 0.1) is 23.7 Å². The minimum Gasteiger partial charge on any atom is -0.507 e. The van der Waals surface area contributed by atoms with Gasteiger partial charge in [-0.25, -0.2) is 0 Å². The van der Waals surface area contributed by atoms with Gasteiger partial charge in [-0.3, -0.25) is 28.9 Å². The minimum atomic E-state index is -2.97. The number of Topliss-reactive ketones (excluding diaryl/α,β-unsaturated/α-hetero) is 4. The van der Waals surface area contributed by atoms with Crippen molar-refractivity contribution in [2.24, 2.45) is 29.4 Å². The third-order valence-electron chi connectivity index (χ3n) is 7.35. The summed E-state index contributed by atoms with van der Waals surface area (Å²) in [5.41, 5.74) is 2.58. The molecule has 0 aromatic heterocycles. The van der Waals surface area contributed by atoms with Gasteiger partial charge in [-0.2, -0.15) is 0 Å². The van der Waals surface area contributed by atoms with Gasteiger partial charge in [-0.1, -0.05) is 19.1 Å². The monoisotopic (exact) mass is 444 g/mol. The van der Waals surface area contributed by atoms with Gasteiger partial charge < -0.3 is 21.1 Å². The second-order valence-electron chi connectivity index (χ2n) is 9.11. The van der Waals surface area contributed by atoms with Crippen molar-refractivity contribution >= 4 is 29.0 Å². The van der Waals surface area contributed by atoms with Crippen LogP contribution in [0.25, 0.3) is 0 Å². The predicted octanol–water partition coefficient (Wildman–Crippen LogP) is -1.60. The second-order valence-corrected chi connectivity index (χ2v) is 9.11. The molecule has 0 heterocycles. The van der Waals surface area contributed by atoms with E-state index in [9.17, 15) is 39.3 Å². The minimum absolute atomic E-state index is 0.112. The number of likely N-dealkylation sites (N-methyl/N-ethyl adjacent to an activating group) is 1. The molecule has 10 heteroatoms. The van der Waals surface area contributed by atoms with Crippen molar-refractivity contribution in [3.8, 4) is 5.75 Å². The number of aromatic hydroxyl groups is 1. The summed E-state index contributed by atoms with van der Waals surface area (Å²) >= 11 is 0. The van der Waals surface area contributed by atoms with E-state index in [1.807, 2.05) is 0 Å². The van der Waals surface area contributed by atoms with Crippen LogP contribution in [0.15, 0.2) is 18.2 Å². The van der Waals surface area contributed by atoms with Gasteiger partial charge in [0.05, 0.1) is 29.5 Å². The van der Waals surface area contributed by atoms with Gasteiger partial charge in [-0.15, -0.1) is 0 Å². The molecule has 0 spiro atoms. The molecule has 8 atom stereocenters. The molecule has 1 amide bonds. The molecular weight excluding hydrogens is 420 g/mol. The summed E-state index contributed by atoms with van der Waals surface area (Å²) in [6.07, 6.45) is -1.62. The summed E-state index contributed by atoms with van der Waals surface area (Å²) in [6, 6.07) is 3.03. The lowest BCUT2D eigenvalue weighted by Crippen LogP contribution is -2.77. The number of phenolic OH excluding ortho intramolecular Hbond substituents is 1. The number of phenols is 1. The molecule has 2 fully saturated rings. The molecule has 0 bridgehead atoms. The van der Waals surface area contributed by atoms with Crippen LogP contribution in [0.3, 0.4) is 0 Å². The first-order chi connectivity index (χ1) is 14.9. The van der Waals surface area contributed by atoms with Crippen molar-refractivity contribution in [1.29, 1.82) is 0 Å². The van der Waals surface area contributed by atoms with Crippen LogP contribution in [0.2, 0.25) is 0 Å². The molecule has 5 unspecified atom stereocenters. The molecular formula is C22H24N2O8. The zero-order valence-corrected chi connectivity index (χ0v) is 17.7. The quantitative estimate of drug-likeness (QED) is 0.391. The highest BCUT2D eigenvalue weighted by Crippen LogP contribution is 2.54. The Morgan fingerprint density at radius 2 is 1.75 bits per heavy atom. The van der Waals surface area contributed by atoms with E-state index in [-0.39, 0.29) is 11.3 Å². The van der Waals surface area contributed by atoms with Crippen molar-refractivity contribution < 1.29 is 39.3 Å². The number of fused-ring (bicyclic) bond motifs is 3. The fourth-order valence-corrected chi connectivity index (χ4v) is 5.95. The highest BCUT2D eigenvalue weighted by molar-refractivity contribution is 6.32. The van der Waals surface area contributed by atoms with Gasteiger partial charge in [0.15, 0.2) is 34.7 Å². The average molecular weight is 444 g/mol. The van der Waals surface area contributed by atoms with E-state index in [2.05, 4.69) is 0 Å². The Kier molecular flexibility index (Phi) is 4.89. The summed E-state index contributed by atoms with van der Waals surface area (Å²) in [5.74, 6) is -13.1. The predicted molar refractivity (Wildman–Crippen MR) is 107 cm³/mol. The molecule has 170 valence electrons. The van der Waals surface area contributed by atoms with Crippen LogP contribution in [0.4, 0.5) is 0 Å². The van der Waals surface area contributed by atoms with Crippen molar-refractivity contribution in [1.82, 2.24) is 4.90 Å². The third kappa shape index (κ3) is 2.54. The number of aliphatic hydroxyl groups excluding tert-OH is 1. The maximum atomic E-state index is 13.6. The van der Waals surface area contributed by atoms with Gasteiger partial charge in [0.25, 0.3) is 0 Å². The zero-order valence-electron chi connectivity index (χ0n) is 17.7. The molecule has 0 saturated heterocycles. The molecule has 1 aromatic carbocycles. The van der Waals surface area contributed by atoms with Gasteiger partial charge >= 0.3 is 0 Å². The highest BCUT2D eigenvalue weighted by atomic mass is 16.3. The molecule has 0 aliphatic heterocycles. The zero-order chi connectivity index (χ0) is 23.9. The molecule has 2 saturated carbocycles. The van der Waals surface area contributed by atoms with Crippen LogP contribution < -0.4 is 5.73 Å². The first-order valence-corrected chi connectivity index (χ1v) is 10.2. The molecule has 0 radical (unpaired) electrons. The van der Waals surface area contributed by atoms with E-state index in [4.69, 9.17) is 5.73 Å². The lowest BCUT2D eigenvalue weighted by molar-refractivity contribution is -0.196. The first kappa shape index (κ1) is 22.3. The maximum absolute atomic E-state index is 13.6. The number of aliphatic hydroxyl groups is 2. The van der Waals surface area contributed by atoms with E-state index in [1.165, 1.54) is 31.1 Å². The second kappa shape index (κ2) is 7.03. The lowest BCUT2D eigenvalue weighted by atomic mass is 9.49. The number of hydrogen-bond donors (Lipinski definition) is 4. The van der Waals surface area contributed by atoms with E-state index < -0.39 is 76.4 Å². The maximum Gasteiger partial charge on any atom is 0.235 e. The van der Waals surface area contributed by atoms with Gasteiger partial charge in [0.2, 0.25) is 5.91 Å². The summed E-state index contributed by atoms with van der Waals surface area (Å²) in [6.45, 7) is 1.66. The van der Waals surface area contributed by atoms with Gasteiger partial charge in [0, 0.05) is 5.92 Å². The largest absolute Gasteiger partial charge is 0.507 e. The number of hydrogen-bond acceptors (Lipinski definition) is 9. The SMILES string of the molecule is C[C@H]1c2cccc(O)c2C(=O)C2C(=O)[C@]3(O)C(=O)C(C(N)=O)C(=O)[C@@H](N(C)C)C3C(O)C21. The molecule has 3 aliphatic rings. The van der Waals surface area contributed by atoms with Crippen LogP contribution in [0.5, 0.6) is 5.75 Å². The molecule has 5 N–H and O–H groups in total. The molecule has 10 nitrogen and oxygen atoms in total. The summed E-state index contributed by atoms with van der Waals surface area (Å²) < 4.78 is 0. The van der Waals surface area contributed by atoms with Crippen molar-refractivity contribution in [3.63, 3.8) is 0 Å². The van der Waals surface area contributed by atoms with Gasteiger partial charge in [0.1, 0.15) is 5.75 Å². The number of benzene rings is 1. The highest BCUT2D eigenvalue weighted by Gasteiger charge is 2.72. The van der Waals surface area contributed by atoms with Crippen LogP contribution >= 0.6 is 0 Å². The molecule has 1 aromatic rings. The van der Waals surface area contributed by atoms with Crippen LogP contribution in [-0.2, 0) is 19.2 Å². The topological polar surface area (TPSA) is 175 Å². The Bertz CT molecular complexity index is 1080. The number of rotatable bonds is 2. The number of primary amides is 1. The first-order valence-electron chi connectivity index (χ1n) is 10.2. The molecule has 4 rings (SSSR count). The third-order valence-corrected chi connectivity index (χ3v) is 7.35. The normalized spacial score (nSPS) is 38.9. The van der Waals surface area contributed by atoms with Crippen molar-refractivity contribution in [3.05, 3.63) is 29.3 Å². The van der Waals surface area contributed by atoms with Crippen LogP contribution in [0.1, 0.15) is 28.8 Å².